The fraction of sp³-hybridized carbons (Fsp3) is 0.500. The lowest BCUT2D eigenvalue weighted by Gasteiger charge is -2.36. The van der Waals surface area contributed by atoms with E-state index >= 15 is 0 Å². The first-order valence-corrected chi connectivity index (χ1v) is 9.79. The lowest BCUT2D eigenvalue weighted by molar-refractivity contribution is -0.136. The summed E-state index contributed by atoms with van der Waals surface area (Å²) >= 11 is 0. The Morgan fingerprint density at radius 1 is 1.11 bits per heavy atom. The maximum absolute atomic E-state index is 13.1. The Labute approximate surface area is 162 Å². The Hall–Kier alpha value is -2.58. The molecule has 2 saturated heterocycles. The molecule has 1 aliphatic carbocycles. The number of piperidine rings is 1. The lowest BCUT2D eigenvalue weighted by Crippen LogP contribution is -2.55. The Balaban J connectivity index is 1.39. The average molecular weight is 382 g/mol. The monoisotopic (exact) mass is 382 g/mol. The van der Waals surface area contributed by atoms with E-state index in [0.717, 1.165) is 36.4 Å². The number of hydrogen-bond acceptors (Lipinski definition) is 6. The maximum atomic E-state index is 13.1. The summed E-state index contributed by atoms with van der Waals surface area (Å²) in [6.07, 6.45) is 2.55. The van der Waals surface area contributed by atoms with E-state index < -0.39 is 23.8 Å². The molecule has 3 N–H and O–H groups in total. The number of nitrogens with one attached hydrogen (secondary N) is 3. The van der Waals surface area contributed by atoms with E-state index in [4.69, 9.17) is 0 Å². The van der Waals surface area contributed by atoms with Gasteiger partial charge in [0.15, 0.2) is 0 Å². The molecule has 4 aliphatic rings. The summed E-state index contributed by atoms with van der Waals surface area (Å²) in [5.74, 6) is -1.24. The molecule has 146 valence electrons. The highest BCUT2D eigenvalue weighted by Gasteiger charge is 2.51. The quantitative estimate of drug-likeness (QED) is 0.616. The second-order valence-electron chi connectivity index (χ2n) is 8.15. The zero-order valence-corrected chi connectivity index (χ0v) is 15.4. The van der Waals surface area contributed by atoms with Crippen molar-refractivity contribution in [1.82, 2.24) is 20.9 Å². The summed E-state index contributed by atoms with van der Waals surface area (Å²) in [6, 6.07) is 4.34. The van der Waals surface area contributed by atoms with Crippen molar-refractivity contribution < 1.29 is 19.2 Å². The van der Waals surface area contributed by atoms with Gasteiger partial charge in [0.25, 0.3) is 11.8 Å². The number of amides is 4. The molecule has 8 nitrogen and oxygen atoms in total. The first-order valence-electron chi connectivity index (χ1n) is 9.79. The molecule has 3 fully saturated rings. The van der Waals surface area contributed by atoms with Crippen LogP contribution >= 0.6 is 0 Å². The van der Waals surface area contributed by atoms with Gasteiger partial charge in [-0.2, -0.15) is 0 Å². The zero-order valence-electron chi connectivity index (χ0n) is 15.4. The van der Waals surface area contributed by atoms with Crippen molar-refractivity contribution >= 4 is 23.6 Å². The van der Waals surface area contributed by atoms with Crippen molar-refractivity contribution in [3.05, 3.63) is 34.9 Å². The summed E-state index contributed by atoms with van der Waals surface area (Å²) < 4.78 is 0. The molecule has 4 amide bonds. The van der Waals surface area contributed by atoms with Crippen molar-refractivity contribution in [1.29, 1.82) is 0 Å². The lowest BCUT2D eigenvalue weighted by atomic mass is 9.91. The summed E-state index contributed by atoms with van der Waals surface area (Å²) in [6.45, 7) is 2.54. The van der Waals surface area contributed by atoms with Crippen molar-refractivity contribution in [3.8, 4) is 0 Å². The van der Waals surface area contributed by atoms with Crippen LogP contribution in [0.4, 0.5) is 0 Å². The minimum Gasteiger partial charge on any atom is -0.316 e. The number of benzene rings is 1. The molecular formula is C20H22N4O4. The van der Waals surface area contributed by atoms with Gasteiger partial charge in [-0.3, -0.25) is 29.4 Å². The van der Waals surface area contributed by atoms with Gasteiger partial charge in [-0.25, -0.2) is 0 Å². The molecule has 0 aromatic heterocycles. The van der Waals surface area contributed by atoms with Gasteiger partial charge in [-0.15, -0.1) is 0 Å². The predicted octanol–water partition coefficient (Wildman–Crippen LogP) is -0.0706. The molecular weight excluding hydrogens is 360 g/mol. The Kier molecular flexibility index (Phi) is 3.89. The van der Waals surface area contributed by atoms with Crippen LogP contribution in [-0.4, -0.2) is 53.2 Å². The smallest absolute Gasteiger partial charge is 0.262 e. The number of fused-ring (bicyclic) bond motifs is 1. The van der Waals surface area contributed by atoms with Crippen molar-refractivity contribution in [2.45, 2.75) is 43.8 Å². The maximum Gasteiger partial charge on any atom is 0.262 e. The number of carbonyl (C=O) groups excluding carboxylic acids is 4. The third-order valence-corrected chi connectivity index (χ3v) is 6.54. The van der Waals surface area contributed by atoms with E-state index in [0.29, 0.717) is 23.6 Å². The Bertz CT molecular complexity index is 903. The SMILES string of the molecule is O=C1CCC(N2C(=O)c3cccc(CNC4(C5CNC5)CC4)c3C2=O)C(=O)N1. The number of carbonyl (C=O) groups is 4. The molecule has 0 spiro atoms. The van der Waals surface area contributed by atoms with E-state index in [1.54, 1.807) is 12.1 Å². The summed E-state index contributed by atoms with van der Waals surface area (Å²) in [7, 11) is 0. The van der Waals surface area contributed by atoms with Gasteiger partial charge in [0, 0.05) is 37.5 Å². The van der Waals surface area contributed by atoms with Crippen molar-refractivity contribution in [3.63, 3.8) is 0 Å². The number of imide groups is 2. The van der Waals surface area contributed by atoms with E-state index in [-0.39, 0.29) is 24.3 Å². The number of hydrogen-bond donors (Lipinski definition) is 3. The number of rotatable bonds is 5. The van der Waals surface area contributed by atoms with Gasteiger partial charge in [-0.1, -0.05) is 12.1 Å². The van der Waals surface area contributed by atoms with Crippen LogP contribution in [-0.2, 0) is 16.1 Å². The van der Waals surface area contributed by atoms with E-state index in [1.165, 1.54) is 0 Å². The van der Waals surface area contributed by atoms with Crippen LogP contribution in [0, 0.1) is 5.92 Å². The van der Waals surface area contributed by atoms with Gasteiger partial charge in [-0.05, 0) is 30.9 Å². The van der Waals surface area contributed by atoms with Gasteiger partial charge in [0.05, 0.1) is 11.1 Å². The van der Waals surface area contributed by atoms with Crippen LogP contribution in [0.1, 0.15) is 52.0 Å². The molecule has 1 saturated carbocycles. The number of nitrogens with zero attached hydrogens (tertiary/aromatic N) is 1. The third-order valence-electron chi connectivity index (χ3n) is 6.54. The van der Waals surface area contributed by atoms with Crippen LogP contribution in [0.2, 0.25) is 0 Å². The molecule has 1 aromatic rings. The van der Waals surface area contributed by atoms with Gasteiger partial charge >= 0.3 is 0 Å². The highest BCUT2D eigenvalue weighted by Crippen LogP contribution is 2.44. The van der Waals surface area contributed by atoms with Crippen molar-refractivity contribution in [2.75, 3.05) is 13.1 Å². The minimum atomic E-state index is -0.929. The molecule has 1 aromatic carbocycles. The second-order valence-corrected chi connectivity index (χ2v) is 8.15. The van der Waals surface area contributed by atoms with Gasteiger partial charge in [0.1, 0.15) is 6.04 Å². The van der Waals surface area contributed by atoms with Gasteiger partial charge in [0.2, 0.25) is 11.8 Å². The molecule has 3 heterocycles. The fourth-order valence-electron chi connectivity index (χ4n) is 4.55. The van der Waals surface area contributed by atoms with Crippen LogP contribution in [0.5, 0.6) is 0 Å². The molecule has 1 atom stereocenters. The third kappa shape index (κ3) is 2.59. The highest BCUT2D eigenvalue weighted by atomic mass is 16.2. The summed E-state index contributed by atoms with van der Waals surface area (Å²) in [4.78, 5) is 50.6. The first-order chi connectivity index (χ1) is 13.5. The topological polar surface area (TPSA) is 108 Å². The molecule has 1 unspecified atom stereocenters. The zero-order chi connectivity index (χ0) is 19.5. The van der Waals surface area contributed by atoms with Gasteiger partial charge < -0.3 is 10.6 Å². The second kappa shape index (κ2) is 6.22. The van der Waals surface area contributed by atoms with Crippen LogP contribution in [0.25, 0.3) is 0 Å². The van der Waals surface area contributed by atoms with E-state index in [1.807, 2.05) is 6.07 Å². The molecule has 5 rings (SSSR count). The molecule has 8 heteroatoms. The molecule has 3 aliphatic heterocycles. The first kappa shape index (κ1) is 17.5. The van der Waals surface area contributed by atoms with E-state index in [2.05, 4.69) is 16.0 Å². The van der Waals surface area contributed by atoms with Crippen LogP contribution in [0.15, 0.2) is 18.2 Å². The highest BCUT2D eigenvalue weighted by molar-refractivity contribution is 6.24. The Morgan fingerprint density at radius 2 is 1.89 bits per heavy atom. The Morgan fingerprint density at radius 3 is 2.54 bits per heavy atom. The van der Waals surface area contributed by atoms with E-state index in [9.17, 15) is 19.2 Å². The summed E-state index contributed by atoms with van der Waals surface area (Å²) in [5, 5.41) is 9.14. The predicted molar refractivity (Wildman–Crippen MR) is 98.3 cm³/mol. The van der Waals surface area contributed by atoms with Crippen LogP contribution < -0.4 is 16.0 Å². The molecule has 28 heavy (non-hydrogen) atoms. The minimum absolute atomic E-state index is 0.121. The molecule has 0 radical (unpaired) electrons. The van der Waals surface area contributed by atoms with Crippen LogP contribution in [0.3, 0.4) is 0 Å². The normalized spacial score (nSPS) is 26.1. The standard InChI is InChI=1S/C20H22N4O4/c25-15-5-4-14(17(26)23-15)24-18(27)13-3-1-2-11(16(13)19(24)28)8-22-20(6-7-20)12-9-21-10-12/h1-3,12,14,21-22H,4-10H2,(H,23,25,26). The summed E-state index contributed by atoms with van der Waals surface area (Å²) in [5.41, 5.74) is 1.64. The molecule has 0 bridgehead atoms. The average Bonchev–Trinajstić information content (AvgIpc) is 3.35. The fourth-order valence-corrected chi connectivity index (χ4v) is 4.55. The largest absolute Gasteiger partial charge is 0.316 e. The van der Waals surface area contributed by atoms with Crippen molar-refractivity contribution in [2.24, 2.45) is 5.92 Å².